The van der Waals surface area contributed by atoms with E-state index < -0.39 is 17.0 Å². The fourth-order valence-electron chi connectivity index (χ4n) is 2.30. The van der Waals surface area contributed by atoms with Gasteiger partial charge in [-0.15, -0.1) is 0 Å². The Balaban J connectivity index is 2.28. The van der Waals surface area contributed by atoms with Gasteiger partial charge in [-0.1, -0.05) is 50.6 Å². The number of aryl methyl sites for hydroxylation is 1. The molecule has 0 aliphatic carbocycles. The number of ketones is 1. The number of rotatable bonds is 3. The maximum atomic E-state index is 12.7. The molecular formula is C17H22N2O3. The number of carbonyl (C=O) groups excluding carboxylic acids is 3. The van der Waals surface area contributed by atoms with Crippen LogP contribution in [-0.4, -0.2) is 29.2 Å². The van der Waals surface area contributed by atoms with Gasteiger partial charge in [0.25, 0.3) is 5.91 Å². The highest BCUT2D eigenvalue weighted by Crippen LogP contribution is 2.29. The first kappa shape index (κ1) is 16.2. The van der Waals surface area contributed by atoms with E-state index in [9.17, 15) is 14.4 Å². The molecule has 1 saturated heterocycles. The van der Waals surface area contributed by atoms with Crippen molar-refractivity contribution in [2.24, 2.45) is 5.41 Å². The summed E-state index contributed by atoms with van der Waals surface area (Å²) in [5, 5.41) is 2.71. The average molecular weight is 302 g/mol. The Kier molecular flexibility index (Phi) is 3.85. The van der Waals surface area contributed by atoms with Crippen LogP contribution in [0, 0.1) is 12.3 Å². The van der Waals surface area contributed by atoms with E-state index in [0.717, 1.165) is 10.5 Å². The van der Waals surface area contributed by atoms with Crippen molar-refractivity contribution in [1.29, 1.82) is 0 Å². The summed E-state index contributed by atoms with van der Waals surface area (Å²) in [6, 6.07) is 6.91. The maximum Gasteiger partial charge on any atom is 0.325 e. The molecule has 1 aliphatic heterocycles. The van der Waals surface area contributed by atoms with E-state index in [1.807, 2.05) is 31.2 Å². The molecule has 22 heavy (non-hydrogen) atoms. The number of Topliss-reactive ketones (excluding diaryl/α,β-unsaturated/α-hetero) is 1. The minimum Gasteiger partial charge on any atom is -0.319 e. The van der Waals surface area contributed by atoms with E-state index in [-0.39, 0.29) is 18.2 Å². The molecule has 1 fully saturated rings. The lowest BCUT2D eigenvalue weighted by atomic mass is 9.89. The van der Waals surface area contributed by atoms with Crippen molar-refractivity contribution in [1.82, 2.24) is 10.2 Å². The standard InChI is InChI=1S/C17H22N2O3/c1-11-6-8-12(9-7-11)17(5)14(21)19(15(22)18-17)10-13(20)16(2,3)4/h6-9H,10H2,1-5H3,(H,18,22)/t17-/m1/s1. The van der Waals surface area contributed by atoms with E-state index in [1.165, 1.54) is 0 Å². The van der Waals surface area contributed by atoms with Gasteiger partial charge in [0.15, 0.2) is 5.78 Å². The number of imide groups is 1. The summed E-state index contributed by atoms with van der Waals surface area (Å²) >= 11 is 0. The largest absolute Gasteiger partial charge is 0.325 e. The summed E-state index contributed by atoms with van der Waals surface area (Å²) in [6.45, 7) is 8.73. The molecular weight excluding hydrogens is 280 g/mol. The maximum absolute atomic E-state index is 12.7. The fourth-order valence-corrected chi connectivity index (χ4v) is 2.30. The molecule has 3 amide bonds. The molecule has 0 bridgehead atoms. The predicted octanol–water partition coefficient (Wildman–Crippen LogP) is 2.38. The first-order chi connectivity index (χ1) is 10.1. The van der Waals surface area contributed by atoms with Crippen LogP contribution in [0.2, 0.25) is 0 Å². The fraction of sp³-hybridized carbons (Fsp3) is 0.471. The first-order valence-corrected chi connectivity index (χ1v) is 7.30. The summed E-state index contributed by atoms with van der Waals surface area (Å²) < 4.78 is 0. The second-order valence-corrected chi connectivity index (χ2v) is 6.99. The van der Waals surface area contributed by atoms with E-state index in [2.05, 4.69) is 5.32 Å². The number of benzene rings is 1. The molecule has 1 heterocycles. The van der Waals surface area contributed by atoms with Crippen molar-refractivity contribution in [2.45, 2.75) is 40.2 Å². The molecule has 0 radical (unpaired) electrons. The SMILES string of the molecule is Cc1ccc([C@@]2(C)NC(=O)N(CC(=O)C(C)(C)C)C2=O)cc1. The molecule has 5 nitrogen and oxygen atoms in total. The Morgan fingerprint density at radius 3 is 2.23 bits per heavy atom. The molecule has 2 rings (SSSR count). The third-order valence-electron chi connectivity index (χ3n) is 4.04. The summed E-state index contributed by atoms with van der Waals surface area (Å²) in [5.74, 6) is -0.539. The lowest BCUT2D eigenvalue weighted by Crippen LogP contribution is -2.42. The van der Waals surface area contributed by atoms with Gasteiger partial charge in [-0.05, 0) is 19.4 Å². The number of hydrogen-bond donors (Lipinski definition) is 1. The molecule has 1 aromatic carbocycles. The molecule has 0 saturated carbocycles. The Morgan fingerprint density at radius 1 is 1.18 bits per heavy atom. The van der Waals surface area contributed by atoms with Crippen LogP contribution in [0.25, 0.3) is 0 Å². The number of hydrogen-bond acceptors (Lipinski definition) is 3. The third kappa shape index (κ3) is 2.75. The minimum absolute atomic E-state index is 0.149. The summed E-state index contributed by atoms with van der Waals surface area (Å²) in [5.41, 5.74) is 0.0675. The van der Waals surface area contributed by atoms with Crippen LogP contribution in [0.15, 0.2) is 24.3 Å². The van der Waals surface area contributed by atoms with Crippen LogP contribution in [0.1, 0.15) is 38.8 Å². The molecule has 1 atom stereocenters. The van der Waals surface area contributed by atoms with Gasteiger partial charge in [0, 0.05) is 5.41 Å². The van der Waals surface area contributed by atoms with Crippen molar-refractivity contribution in [3.8, 4) is 0 Å². The van der Waals surface area contributed by atoms with Crippen molar-refractivity contribution in [2.75, 3.05) is 6.54 Å². The van der Waals surface area contributed by atoms with Crippen LogP contribution >= 0.6 is 0 Å². The van der Waals surface area contributed by atoms with Gasteiger partial charge in [-0.25, -0.2) is 4.79 Å². The quantitative estimate of drug-likeness (QED) is 0.872. The zero-order valence-electron chi connectivity index (χ0n) is 13.7. The number of urea groups is 1. The molecule has 1 aromatic rings. The second-order valence-electron chi connectivity index (χ2n) is 6.99. The van der Waals surface area contributed by atoms with Crippen LogP contribution < -0.4 is 5.32 Å². The highest BCUT2D eigenvalue weighted by Gasteiger charge is 2.49. The smallest absolute Gasteiger partial charge is 0.319 e. The monoisotopic (exact) mass is 302 g/mol. The summed E-state index contributed by atoms with van der Waals surface area (Å²) in [4.78, 5) is 38.0. The minimum atomic E-state index is -1.12. The number of amides is 3. The van der Waals surface area contributed by atoms with Crippen LogP contribution in [0.5, 0.6) is 0 Å². The Morgan fingerprint density at radius 2 is 1.73 bits per heavy atom. The lowest BCUT2D eigenvalue weighted by molar-refractivity contribution is -0.136. The van der Waals surface area contributed by atoms with Gasteiger partial charge < -0.3 is 5.32 Å². The van der Waals surface area contributed by atoms with Crippen molar-refractivity contribution >= 4 is 17.7 Å². The van der Waals surface area contributed by atoms with E-state index in [0.29, 0.717) is 5.56 Å². The third-order valence-corrected chi connectivity index (χ3v) is 4.04. The second kappa shape index (κ2) is 5.23. The van der Waals surface area contributed by atoms with Crippen molar-refractivity contribution in [3.05, 3.63) is 35.4 Å². The molecule has 1 aliphatic rings. The van der Waals surface area contributed by atoms with Gasteiger partial charge >= 0.3 is 6.03 Å². The van der Waals surface area contributed by atoms with Gasteiger partial charge in [0.05, 0.1) is 6.54 Å². The average Bonchev–Trinajstić information content (AvgIpc) is 2.63. The number of nitrogens with zero attached hydrogens (tertiary/aromatic N) is 1. The van der Waals surface area contributed by atoms with Crippen LogP contribution in [0.3, 0.4) is 0 Å². The van der Waals surface area contributed by atoms with Gasteiger partial charge in [0.2, 0.25) is 0 Å². The highest BCUT2D eigenvalue weighted by atomic mass is 16.2. The molecule has 1 N–H and O–H groups in total. The number of nitrogens with one attached hydrogen (secondary N) is 1. The van der Waals surface area contributed by atoms with E-state index in [4.69, 9.17) is 0 Å². The summed E-state index contributed by atoms with van der Waals surface area (Å²) in [6.07, 6.45) is 0. The van der Waals surface area contributed by atoms with E-state index in [1.54, 1.807) is 27.7 Å². The van der Waals surface area contributed by atoms with Gasteiger partial charge in [-0.2, -0.15) is 0 Å². The zero-order chi connectivity index (χ0) is 16.7. The molecule has 0 spiro atoms. The number of carbonyl (C=O) groups is 3. The molecule has 0 aromatic heterocycles. The predicted molar refractivity (Wildman–Crippen MR) is 83.2 cm³/mol. The van der Waals surface area contributed by atoms with Crippen molar-refractivity contribution < 1.29 is 14.4 Å². The zero-order valence-corrected chi connectivity index (χ0v) is 13.7. The topological polar surface area (TPSA) is 66.5 Å². The Hall–Kier alpha value is -2.17. The van der Waals surface area contributed by atoms with Crippen molar-refractivity contribution in [3.63, 3.8) is 0 Å². The van der Waals surface area contributed by atoms with Crippen LogP contribution in [-0.2, 0) is 15.1 Å². The normalized spacial score (nSPS) is 22.0. The lowest BCUT2D eigenvalue weighted by Gasteiger charge is -2.23. The first-order valence-electron chi connectivity index (χ1n) is 7.30. The Labute approximate surface area is 130 Å². The Bertz CT molecular complexity index is 628. The molecule has 118 valence electrons. The van der Waals surface area contributed by atoms with Gasteiger partial charge in [-0.3, -0.25) is 14.5 Å². The van der Waals surface area contributed by atoms with Crippen LogP contribution in [0.4, 0.5) is 4.79 Å². The van der Waals surface area contributed by atoms with E-state index >= 15 is 0 Å². The highest BCUT2D eigenvalue weighted by molar-refractivity contribution is 6.09. The molecule has 0 unspecified atom stereocenters. The summed E-state index contributed by atoms with van der Waals surface area (Å²) in [7, 11) is 0. The molecule has 5 heteroatoms. The van der Waals surface area contributed by atoms with Gasteiger partial charge in [0.1, 0.15) is 5.54 Å².